The topological polar surface area (TPSA) is 106 Å². The SMILES string of the molecule is C=CC(=O)N1CCN(c2nc(N3CC(CN(C)C)C3)nc3c2C[C@@H](C)C(c2c(C)ccc(N)c2C=N)C3)CC1. The molecule has 0 bridgehead atoms. The van der Waals surface area contributed by atoms with Gasteiger partial charge in [-0.25, -0.2) is 4.98 Å². The molecule has 39 heavy (non-hydrogen) atoms. The van der Waals surface area contributed by atoms with Crippen molar-refractivity contribution >= 4 is 29.6 Å². The predicted molar refractivity (Wildman–Crippen MR) is 158 cm³/mol. The second kappa shape index (κ2) is 11.0. The molecule has 2 atom stereocenters. The Labute approximate surface area is 232 Å². The number of hydrogen-bond acceptors (Lipinski definition) is 8. The number of nitrogens with zero attached hydrogens (tertiary/aromatic N) is 6. The number of aryl methyl sites for hydroxylation is 1. The number of piperazine rings is 1. The van der Waals surface area contributed by atoms with Crippen LogP contribution in [0.4, 0.5) is 17.5 Å². The van der Waals surface area contributed by atoms with E-state index in [4.69, 9.17) is 21.1 Å². The maximum absolute atomic E-state index is 12.2. The molecule has 2 saturated heterocycles. The molecule has 1 aromatic carbocycles. The summed E-state index contributed by atoms with van der Waals surface area (Å²) >= 11 is 0. The fourth-order valence-corrected chi connectivity index (χ4v) is 6.59. The zero-order chi connectivity index (χ0) is 27.8. The molecule has 1 amide bonds. The van der Waals surface area contributed by atoms with Crippen LogP contribution in [0.5, 0.6) is 0 Å². The van der Waals surface area contributed by atoms with Crippen molar-refractivity contribution in [2.75, 3.05) is 75.4 Å². The van der Waals surface area contributed by atoms with E-state index in [1.54, 1.807) is 0 Å². The first kappa shape index (κ1) is 27.1. The lowest BCUT2D eigenvalue weighted by atomic mass is 9.72. The highest BCUT2D eigenvalue weighted by molar-refractivity contribution is 5.88. The zero-order valence-corrected chi connectivity index (χ0v) is 23.8. The number of anilines is 3. The van der Waals surface area contributed by atoms with Crippen LogP contribution in [-0.2, 0) is 17.6 Å². The van der Waals surface area contributed by atoms with Crippen LogP contribution in [0.15, 0.2) is 24.8 Å². The molecule has 9 nitrogen and oxygen atoms in total. The number of carbonyl (C=O) groups excluding carboxylic acids is 1. The minimum Gasteiger partial charge on any atom is -0.398 e. The van der Waals surface area contributed by atoms with Crippen LogP contribution in [0.1, 0.15) is 40.8 Å². The second-order valence-corrected chi connectivity index (χ2v) is 11.8. The summed E-state index contributed by atoms with van der Waals surface area (Å²) in [6, 6.07) is 3.98. The van der Waals surface area contributed by atoms with Crippen molar-refractivity contribution < 1.29 is 4.79 Å². The van der Waals surface area contributed by atoms with Gasteiger partial charge in [0, 0.05) is 74.8 Å². The molecule has 3 N–H and O–H groups in total. The van der Waals surface area contributed by atoms with E-state index in [2.05, 4.69) is 55.3 Å². The van der Waals surface area contributed by atoms with Crippen LogP contribution in [0.25, 0.3) is 0 Å². The number of carbonyl (C=O) groups is 1. The van der Waals surface area contributed by atoms with Crippen molar-refractivity contribution in [2.45, 2.75) is 32.6 Å². The van der Waals surface area contributed by atoms with Gasteiger partial charge >= 0.3 is 0 Å². The molecule has 5 rings (SSSR count). The molecule has 2 aliphatic heterocycles. The minimum atomic E-state index is -0.0106. The van der Waals surface area contributed by atoms with Gasteiger partial charge in [0.2, 0.25) is 11.9 Å². The fourth-order valence-electron chi connectivity index (χ4n) is 6.59. The number of fused-ring (bicyclic) bond motifs is 1. The molecule has 208 valence electrons. The molecule has 0 saturated carbocycles. The third-order valence-corrected chi connectivity index (χ3v) is 8.67. The first-order valence-corrected chi connectivity index (χ1v) is 14.0. The van der Waals surface area contributed by atoms with Gasteiger partial charge in [0.15, 0.2) is 0 Å². The van der Waals surface area contributed by atoms with Crippen molar-refractivity contribution in [1.29, 1.82) is 5.41 Å². The summed E-state index contributed by atoms with van der Waals surface area (Å²) in [4.78, 5) is 31.3. The molecule has 2 aromatic rings. The van der Waals surface area contributed by atoms with E-state index in [1.165, 1.54) is 29.0 Å². The Kier molecular flexibility index (Phi) is 7.62. The minimum absolute atomic E-state index is 0.0106. The Morgan fingerprint density at radius 3 is 2.51 bits per heavy atom. The highest BCUT2D eigenvalue weighted by atomic mass is 16.2. The molecule has 0 spiro atoms. The average Bonchev–Trinajstić information content (AvgIpc) is 2.90. The summed E-state index contributed by atoms with van der Waals surface area (Å²) in [5.74, 6) is 3.03. The van der Waals surface area contributed by atoms with E-state index in [-0.39, 0.29) is 11.8 Å². The summed E-state index contributed by atoms with van der Waals surface area (Å²) in [5.41, 5.74) is 12.5. The number of nitrogens with two attached hydrogens (primary N) is 1. The summed E-state index contributed by atoms with van der Waals surface area (Å²) < 4.78 is 0. The van der Waals surface area contributed by atoms with Gasteiger partial charge in [-0.15, -0.1) is 0 Å². The van der Waals surface area contributed by atoms with Crippen molar-refractivity contribution in [1.82, 2.24) is 19.8 Å². The van der Waals surface area contributed by atoms with Crippen molar-refractivity contribution in [2.24, 2.45) is 11.8 Å². The van der Waals surface area contributed by atoms with Crippen molar-refractivity contribution in [3.05, 3.63) is 52.7 Å². The number of benzene rings is 1. The normalized spacial score (nSPS) is 21.5. The lowest BCUT2D eigenvalue weighted by Gasteiger charge is -2.43. The third kappa shape index (κ3) is 5.24. The number of nitrogen functional groups attached to an aromatic ring is 1. The molecule has 1 aromatic heterocycles. The number of amides is 1. The maximum Gasteiger partial charge on any atom is 0.246 e. The lowest BCUT2D eigenvalue weighted by molar-refractivity contribution is -0.126. The number of aromatic nitrogens is 2. The third-order valence-electron chi connectivity index (χ3n) is 8.67. The van der Waals surface area contributed by atoms with Gasteiger partial charge in [-0.1, -0.05) is 19.6 Å². The first-order valence-electron chi connectivity index (χ1n) is 14.0. The van der Waals surface area contributed by atoms with Crippen LogP contribution in [0, 0.1) is 24.2 Å². The molecule has 3 heterocycles. The van der Waals surface area contributed by atoms with Crippen LogP contribution in [0.3, 0.4) is 0 Å². The van der Waals surface area contributed by atoms with Gasteiger partial charge in [-0.05, 0) is 69.0 Å². The molecule has 9 heteroatoms. The van der Waals surface area contributed by atoms with Gasteiger partial charge in [0.25, 0.3) is 0 Å². The van der Waals surface area contributed by atoms with Crippen LogP contribution in [-0.4, -0.2) is 91.8 Å². The van der Waals surface area contributed by atoms with Gasteiger partial charge in [0.1, 0.15) is 5.82 Å². The Morgan fingerprint density at radius 2 is 1.87 bits per heavy atom. The van der Waals surface area contributed by atoms with E-state index >= 15 is 0 Å². The standard InChI is InChI=1S/C30H42N8O/c1-6-27(39)36-9-11-37(12-10-36)29-23-13-20(3)22(28-19(2)7-8-25(32)24(28)15-31)14-26(23)33-30(34-29)38-17-21(18-38)16-35(4)5/h6-8,15,20-22,31H,1,9-14,16-18,32H2,2-5H3/t20-,22?/m1/s1. The quantitative estimate of drug-likeness (QED) is 0.322. The number of rotatable bonds is 7. The van der Waals surface area contributed by atoms with Crippen molar-refractivity contribution in [3.63, 3.8) is 0 Å². The Balaban J connectivity index is 1.50. The van der Waals surface area contributed by atoms with E-state index in [0.717, 1.165) is 68.6 Å². The van der Waals surface area contributed by atoms with Crippen LogP contribution in [0.2, 0.25) is 0 Å². The van der Waals surface area contributed by atoms with Crippen LogP contribution >= 0.6 is 0 Å². The number of nitrogens with one attached hydrogen (secondary N) is 1. The highest BCUT2D eigenvalue weighted by Crippen LogP contribution is 2.43. The summed E-state index contributed by atoms with van der Waals surface area (Å²) in [7, 11) is 4.24. The summed E-state index contributed by atoms with van der Waals surface area (Å²) in [6.45, 7) is 13.9. The zero-order valence-electron chi connectivity index (χ0n) is 23.8. The first-order chi connectivity index (χ1) is 18.7. The molecule has 0 radical (unpaired) electrons. The molecular weight excluding hydrogens is 488 g/mol. The fraction of sp³-hybridized carbons (Fsp3) is 0.533. The van der Waals surface area contributed by atoms with Gasteiger partial charge in [0.05, 0.1) is 5.69 Å². The number of hydrogen-bond donors (Lipinski definition) is 2. The smallest absolute Gasteiger partial charge is 0.246 e. The van der Waals surface area contributed by atoms with E-state index in [9.17, 15) is 4.79 Å². The Morgan fingerprint density at radius 1 is 1.15 bits per heavy atom. The molecule has 1 unspecified atom stereocenters. The molecule has 3 aliphatic rings. The van der Waals surface area contributed by atoms with E-state index in [1.807, 2.05) is 11.0 Å². The summed E-state index contributed by atoms with van der Waals surface area (Å²) in [5, 5.41) is 8.09. The van der Waals surface area contributed by atoms with E-state index in [0.29, 0.717) is 30.6 Å². The molecule has 1 aliphatic carbocycles. The monoisotopic (exact) mass is 530 g/mol. The average molecular weight is 531 g/mol. The Bertz CT molecular complexity index is 1260. The predicted octanol–water partition coefficient (Wildman–Crippen LogP) is 2.72. The van der Waals surface area contributed by atoms with Crippen molar-refractivity contribution in [3.8, 4) is 0 Å². The molecular formula is C30H42N8O. The maximum atomic E-state index is 12.2. The van der Waals surface area contributed by atoms with E-state index < -0.39 is 0 Å². The molecule has 2 fully saturated rings. The highest BCUT2D eigenvalue weighted by Gasteiger charge is 2.36. The Hall–Kier alpha value is -3.46. The lowest BCUT2D eigenvalue weighted by Crippen LogP contribution is -2.52. The van der Waals surface area contributed by atoms with Crippen LogP contribution < -0.4 is 15.5 Å². The second-order valence-electron chi connectivity index (χ2n) is 11.8. The van der Waals surface area contributed by atoms with Gasteiger partial charge < -0.3 is 30.7 Å². The van der Waals surface area contributed by atoms with Gasteiger partial charge in [-0.2, -0.15) is 4.98 Å². The largest absolute Gasteiger partial charge is 0.398 e. The summed E-state index contributed by atoms with van der Waals surface area (Å²) in [6.07, 6.45) is 4.48. The van der Waals surface area contributed by atoms with Gasteiger partial charge in [-0.3, -0.25) is 4.79 Å².